The van der Waals surface area contributed by atoms with E-state index in [1.165, 1.54) is 25.7 Å². The maximum Gasteiger partial charge on any atom is 0.125 e. The van der Waals surface area contributed by atoms with E-state index in [2.05, 4.69) is 31.1 Å². The van der Waals surface area contributed by atoms with E-state index in [1.807, 2.05) is 24.4 Å². The third kappa shape index (κ3) is 9.26. The molecular weight excluding hydrogens is 184 g/mol. The summed E-state index contributed by atoms with van der Waals surface area (Å²) in [6, 6.07) is 5.92. The number of rotatable bonds is 5. The summed E-state index contributed by atoms with van der Waals surface area (Å²) in [5.74, 6) is 0.980. The van der Waals surface area contributed by atoms with Gasteiger partial charge in [0.2, 0.25) is 0 Å². The van der Waals surface area contributed by atoms with E-state index < -0.39 is 0 Å². The Kier molecular flexibility index (Phi) is 10.3. The summed E-state index contributed by atoms with van der Waals surface area (Å²) in [5.41, 5.74) is 0. The molecule has 0 aliphatic rings. The van der Waals surface area contributed by atoms with Gasteiger partial charge in [-0.25, -0.2) is 4.98 Å². The highest BCUT2D eigenvalue weighted by Crippen LogP contribution is 2.00. The van der Waals surface area contributed by atoms with E-state index in [0.717, 1.165) is 12.4 Å². The minimum atomic E-state index is 0. The molecule has 0 spiro atoms. The highest BCUT2D eigenvalue weighted by Gasteiger charge is 1.89. The van der Waals surface area contributed by atoms with Crippen molar-refractivity contribution in [2.75, 3.05) is 11.9 Å². The molecule has 0 unspecified atom stereocenters. The van der Waals surface area contributed by atoms with Crippen LogP contribution >= 0.6 is 0 Å². The average molecular weight is 210 g/mol. The number of nitrogens with one attached hydrogen (secondary N) is 1. The average Bonchev–Trinajstić information content (AvgIpc) is 2.27. The van der Waals surface area contributed by atoms with Gasteiger partial charge in [-0.3, -0.25) is 0 Å². The van der Waals surface area contributed by atoms with Gasteiger partial charge in [-0.15, -0.1) is 0 Å². The van der Waals surface area contributed by atoms with Crippen LogP contribution in [0.3, 0.4) is 0 Å². The lowest BCUT2D eigenvalue weighted by Gasteiger charge is -2.03. The van der Waals surface area contributed by atoms with Crippen molar-refractivity contribution in [2.24, 2.45) is 0 Å². The van der Waals surface area contributed by atoms with Crippen molar-refractivity contribution in [3.8, 4) is 0 Å². The van der Waals surface area contributed by atoms with Gasteiger partial charge in [-0.2, -0.15) is 0 Å². The minimum Gasteiger partial charge on any atom is -0.370 e. The van der Waals surface area contributed by atoms with Gasteiger partial charge in [0.25, 0.3) is 0 Å². The summed E-state index contributed by atoms with van der Waals surface area (Å²) in [6.45, 7) is 7.49. The molecule has 0 amide bonds. The van der Waals surface area contributed by atoms with Crippen LogP contribution < -0.4 is 5.32 Å². The van der Waals surface area contributed by atoms with E-state index in [4.69, 9.17) is 0 Å². The number of nitrogens with zero attached hydrogens (tertiary/aromatic N) is 1. The Hall–Kier alpha value is -1.05. The molecule has 0 saturated heterocycles. The van der Waals surface area contributed by atoms with Gasteiger partial charge in [0.05, 0.1) is 0 Å². The summed E-state index contributed by atoms with van der Waals surface area (Å²) in [7, 11) is 0. The molecule has 0 fully saturated rings. The summed E-state index contributed by atoms with van der Waals surface area (Å²) >= 11 is 0. The van der Waals surface area contributed by atoms with Crippen molar-refractivity contribution < 1.29 is 1.43 Å². The summed E-state index contributed by atoms with van der Waals surface area (Å²) in [4.78, 5) is 4.17. The summed E-state index contributed by atoms with van der Waals surface area (Å²) in [5, 5.41) is 3.27. The van der Waals surface area contributed by atoms with Gasteiger partial charge >= 0.3 is 0 Å². The van der Waals surface area contributed by atoms with Crippen LogP contribution in [0.2, 0.25) is 0 Å². The molecule has 1 N–H and O–H groups in total. The number of pyridine rings is 1. The van der Waals surface area contributed by atoms with Crippen LogP contribution in [0.15, 0.2) is 24.4 Å². The van der Waals surface area contributed by atoms with Gasteiger partial charge in [-0.1, -0.05) is 46.1 Å². The SMILES string of the molecule is CCC.CCCCCNc1ccccn1.[HH]. The first-order valence-electron chi connectivity index (χ1n) is 6.00. The molecule has 15 heavy (non-hydrogen) atoms. The lowest BCUT2D eigenvalue weighted by Crippen LogP contribution is -2.02. The van der Waals surface area contributed by atoms with Crippen LogP contribution in [0.5, 0.6) is 0 Å². The molecule has 0 aliphatic carbocycles. The first kappa shape index (κ1) is 13.9. The smallest absolute Gasteiger partial charge is 0.125 e. The van der Waals surface area contributed by atoms with Crippen LogP contribution in [-0.4, -0.2) is 11.5 Å². The Balaban J connectivity index is 0. The number of hydrogen-bond acceptors (Lipinski definition) is 2. The van der Waals surface area contributed by atoms with Crippen molar-refractivity contribution in [1.29, 1.82) is 0 Å². The largest absolute Gasteiger partial charge is 0.370 e. The maximum absolute atomic E-state index is 4.17. The molecule has 0 atom stereocenters. The normalized spacial score (nSPS) is 9.00. The molecule has 2 heteroatoms. The molecule has 1 heterocycles. The molecule has 88 valence electrons. The molecule has 2 nitrogen and oxygen atoms in total. The quantitative estimate of drug-likeness (QED) is 0.731. The predicted octanol–water partition coefficient (Wildman–Crippen LogP) is 4.35. The van der Waals surface area contributed by atoms with E-state index in [9.17, 15) is 0 Å². The number of aromatic nitrogens is 1. The monoisotopic (exact) mass is 210 g/mol. The highest BCUT2D eigenvalue weighted by molar-refractivity contribution is 5.32. The van der Waals surface area contributed by atoms with Crippen molar-refractivity contribution in [2.45, 2.75) is 46.5 Å². The predicted molar refractivity (Wildman–Crippen MR) is 70.3 cm³/mol. The lowest BCUT2D eigenvalue weighted by molar-refractivity contribution is 0.742. The molecule has 0 saturated carbocycles. The molecule has 0 radical (unpaired) electrons. The Morgan fingerprint density at radius 2 is 1.93 bits per heavy atom. The standard InChI is InChI=1S/C10H16N2.C3H8.H2/c1-2-3-5-8-11-10-7-4-6-9-12-10;1-3-2;/h4,6-7,9H,2-3,5,8H2,1H3,(H,11,12);3H2,1-2H3;1H. The van der Waals surface area contributed by atoms with Gasteiger partial charge in [0, 0.05) is 14.2 Å². The van der Waals surface area contributed by atoms with E-state index in [1.54, 1.807) is 0 Å². The minimum absolute atomic E-state index is 0. The zero-order valence-electron chi connectivity index (χ0n) is 10.3. The number of hydrogen-bond donors (Lipinski definition) is 1. The van der Waals surface area contributed by atoms with E-state index >= 15 is 0 Å². The summed E-state index contributed by atoms with van der Waals surface area (Å²) in [6.07, 6.45) is 6.85. The Bertz CT molecular complexity index is 214. The topological polar surface area (TPSA) is 24.9 Å². The van der Waals surface area contributed by atoms with Gasteiger partial charge in [-0.05, 0) is 18.6 Å². The van der Waals surface area contributed by atoms with Crippen LogP contribution in [0.4, 0.5) is 5.82 Å². The zero-order valence-corrected chi connectivity index (χ0v) is 10.3. The third-order valence-electron chi connectivity index (χ3n) is 1.75. The second kappa shape index (κ2) is 11.0. The third-order valence-corrected chi connectivity index (χ3v) is 1.75. The molecule has 1 aromatic rings. The van der Waals surface area contributed by atoms with E-state index in [-0.39, 0.29) is 1.43 Å². The van der Waals surface area contributed by atoms with Crippen molar-refractivity contribution in [3.05, 3.63) is 24.4 Å². The Labute approximate surface area is 95.6 Å². The van der Waals surface area contributed by atoms with Crippen molar-refractivity contribution in [3.63, 3.8) is 0 Å². The second-order valence-corrected chi connectivity index (χ2v) is 3.56. The molecule has 1 aromatic heterocycles. The molecule has 0 aromatic carbocycles. The Morgan fingerprint density at radius 3 is 2.47 bits per heavy atom. The maximum atomic E-state index is 4.17. The zero-order chi connectivity index (χ0) is 11.4. The second-order valence-electron chi connectivity index (χ2n) is 3.56. The van der Waals surface area contributed by atoms with Gasteiger partial charge in [0.15, 0.2) is 0 Å². The van der Waals surface area contributed by atoms with Crippen molar-refractivity contribution >= 4 is 5.82 Å². The first-order chi connectivity index (χ1) is 7.35. The molecule has 0 aliphatic heterocycles. The van der Waals surface area contributed by atoms with Crippen LogP contribution in [0.1, 0.15) is 47.9 Å². The first-order valence-corrected chi connectivity index (χ1v) is 6.00. The Morgan fingerprint density at radius 1 is 1.20 bits per heavy atom. The van der Waals surface area contributed by atoms with Gasteiger partial charge in [0.1, 0.15) is 5.82 Å². The fourth-order valence-corrected chi connectivity index (χ4v) is 1.06. The van der Waals surface area contributed by atoms with Crippen LogP contribution in [0, 0.1) is 0 Å². The van der Waals surface area contributed by atoms with Gasteiger partial charge < -0.3 is 5.32 Å². The van der Waals surface area contributed by atoms with Crippen LogP contribution in [0.25, 0.3) is 0 Å². The lowest BCUT2D eigenvalue weighted by atomic mass is 10.2. The molecule has 0 bridgehead atoms. The highest BCUT2D eigenvalue weighted by atomic mass is 15.0. The molecule has 1 rings (SSSR count). The summed E-state index contributed by atoms with van der Waals surface area (Å²) < 4.78 is 0. The number of unbranched alkanes of at least 4 members (excludes halogenated alkanes) is 2. The fourth-order valence-electron chi connectivity index (χ4n) is 1.06. The van der Waals surface area contributed by atoms with Crippen LogP contribution in [-0.2, 0) is 0 Å². The fraction of sp³-hybridized carbons (Fsp3) is 0.615. The van der Waals surface area contributed by atoms with Crippen molar-refractivity contribution in [1.82, 2.24) is 4.98 Å². The van der Waals surface area contributed by atoms with E-state index in [0.29, 0.717) is 0 Å². The molecular formula is C13H26N2. The number of anilines is 1.